The largest absolute Gasteiger partial charge is 0.369 e. The molecule has 0 aromatic carbocycles. The van der Waals surface area contributed by atoms with E-state index in [-0.39, 0.29) is 17.5 Å². The van der Waals surface area contributed by atoms with Crippen LogP contribution in [0.15, 0.2) is 9.97 Å². The number of rotatable bonds is 4. The third kappa shape index (κ3) is 2.85. The van der Waals surface area contributed by atoms with Gasteiger partial charge in [-0.1, -0.05) is 19.3 Å². The maximum Gasteiger partial charge on any atom is 0.284 e. The van der Waals surface area contributed by atoms with Gasteiger partial charge in [0.25, 0.3) is 5.56 Å². The highest BCUT2D eigenvalue weighted by atomic mass is 16.3. The van der Waals surface area contributed by atoms with Crippen LogP contribution in [0.4, 0.5) is 17.5 Å². The predicted molar refractivity (Wildman–Crippen MR) is 69.8 cm³/mol. The number of H-pyrrole nitrogens is 1. The zero-order valence-electron chi connectivity index (χ0n) is 10.1. The lowest BCUT2D eigenvalue weighted by Gasteiger charge is -2.22. The maximum absolute atomic E-state index is 11.4. The summed E-state index contributed by atoms with van der Waals surface area (Å²) < 4.78 is 0. The van der Waals surface area contributed by atoms with Gasteiger partial charge in [0.1, 0.15) is 0 Å². The first-order valence-corrected chi connectivity index (χ1v) is 6.17. The molecule has 1 saturated carbocycles. The summed E-state index contributed by atoms with van der Waals surface area (Å²) in [7, 11) is 0. The maximum atomic E-state index is 11.4. The van der Waals surface area contributed by atoms with E-state index in [0.29, 0.717) is 12.5 Å². The predicted octanol–water partition coefficient (Wildman–Crippen LogP) is 1.74. The normalized spacial score (nSPS) is 16.4. The summed E-state index contributed by atoms with van der Waals surface area (Å²) in [6.07, 6.45) is 6.07. The Labute approximate surface area is 104 Å². The topological polar surface area (TPSA) is 113 Å². The van der Waals surface area contributed by atoms with Gasteiger partial charge in [-0.3, -0.25) is 9.78 Å². The molecule has 7 heteroatoms. The minimum atomic E-state index is -0.608. The summed E-state index contributed by atoms with van der Waals surface area (Å²) in [5.41, 5.74) is 4.60. The van der Waals surface area contributed by atoms with Crippen LogP contribution >= 0.6 is 0 Å². The third-order valence-electron chi connectivity index (χ3n) is 3.29. The second-order valence-electron chi connectivity index (χ2n) is 4.62. The van der Waals surface area contributed by atoms with Crippen LogP contribution < -0.4 is 16.6 Å². The number of nitrogen functional groups attached to an aromatic ring is 1. The smallest absolute Gasteiger partial charge is 0.284 e. The first-order valence-electron chi connectivity index (χ1n) is 6.17. The zero-order chi connectivity index (χ0) is 13.0. The van der Waals surface area contributed by atoms with Crippen molar-refractivity contribution >= 4 is 17.5 Å². The number of aromatic nitrogens is 2. The van der Waals surface area contributed by atoms with Crippen LogP contribution in [-0.2, 0) is 0 Å². The Balaban J connectivity index is 2.08. The van der Waals surface area contributed by atoms with Crippen molar-refractivity contribution < 1.29 is 0 Å². The zero-order valence-corrected chi connectivity index (χ0v) is 10.1. The molecule has 0 unspecified atom stereocenters. The Morgan fingerprint density at radius 3 is 2.78 bits per heavy atom. The lowest BCUT2D eigenvalue weighted by molar-refractivity contribution is 0.373. The first kappa shape index (κ1) is 12.5. The van der Waals surface area contributed by atoms with Crippen molar-refractivity contribution in [1.29, 1.82) is 0 Å². The molecule has 0 saturated heterocycles. The van der Waals surface area contributed by atoms with E-state index in [9.17, 15) is 9.70 Å². The molecule has 1 fully saturated rings. The standard InChI is InChI=1S/C11H17N5O2/c12-11-14-9(8(16-18)10(17)15-11)13-6-7-4-2-1-3-5-7/h7H,1-6H2,(H4,12,13,14,15,17). The first-order chi connectivity index (χ1) is 8.70. The Morgan fingerprint density at radius 2 is 2.11 bits per heavy atom. The molecular formula is C11H17N5O2. The van der Waals surface area contributed by atoms with E-state index in [1.807, 2.05) is 0 Å². The summed E-state index contributed by atoms with van der Waals surface area (Å²) in [6, 6.07) is 0. The summed E-state index contributed by atoms with van der Waals surface area (Å²) in [4.78, 5) is 28.2. The molecule has 4 N–H and O–H groups in total. The Hall–Kier alpha value is -1.92. The van der Waals surface area contributed by atoms with Gasteiger partial charge >= 0.3 is 0 Å². The molecule has 1 aliphatic carbocycles. The molecule has 0 aliphatic heterocycles. The van der Waals surface area contributed by atoms with Crippen molar-refractivity contribution in [3.05, 3.63) is 15.3 Å². The second-order valence-corrected chi connectivity index (χ2v) is 4.62. The van der Waals surface area contributed by atoms with Crippen molar-refractivity contribution in [1.82, 2.24) is 9.97 Å². The highest BCUT2D eigenvalue weighted by Crippen LogP contribution is 2.25. The number of nitroso groups, excluding NO2 is 1. The number of nitrogens with zero attached hydrogens (tertiary/aromatic N) is 2. The molecule has 1 heterocycles. The molecule has 0 spiro atoms. The fourth-order valence-corrected chi connectivity index (χ4v) is 2.32. The molecule has 18 heavy (non-hydrogen) atoms. The number of hydrogen-bond acceptors (Lipinski definition) is 6. The minimum Gasteiger partial charge on any atom is -0.369 e. The average molecular weight is 251 g/mol. The van der Waals surface area contributed by atoms with Crippen molar-refractivity contribution in [2.24, 2.45) is 11.1 Å². The van der Waals surface area contributed by atoms with Gasteiger partial charge in [-0.15, -0.1) is 4.91 Å². The van der Waals surface area contributed by atoms with Gasteiger partial charge in [-0.25, -0.2) is 0 Å². The SMILES string of the molecule is Nc1nc(NCC2CCCCC2)c(N=O)c(=O)[nH]1. The van der Waals surface area contributed by atoms with E-state index >= 15 is 0 Å². The molecule has 98 valence electrons. The summed E-state index contributed by atoms with van der Waals surface area (Å²) in [5.74, 6) is 0.718. The average Bonchev–Trinajstić information content (AvgIpc) is 2.37. The molecule has 0 atom stereocenters. The van der Waals surface area contributed by atoms with Gasteiger partial charge in [-0.2, -0.15) is 4.98 Å². The molecule has 7 nitrogen and oxygen atoms in total. The van der Waals surface area contributed by atoms with Crippen LogP contribution in [0.2, 0.25) is 0 Å². The number of nitrogens with one attached hydrogen (secondary N) is 2. The quantitative estimate of drug-likeness (QED) is 0.705. The van der Waals surface area contributed by atoms with Crippen molar-refractivity contribution in [2.75, 3.05) is 17.6 Å². The Morgan fingerprint density at radius 1 is 1.39 bits per heavy atom. The lowest BCUT2D eigenvalue weighted by Crippen LogP contribution is -2.20. The van der Waals surface area contributed by atoms with Crippen LogP contribution in [0.25, 0.3) is 0 Å². The molecule has 2 rings (SSSR count). The number of hydrogen-bond donors (Lipinski definition) is 3. The minimum absolute atomic E-state index is 0.0152. The van der Waals surface area contributed by atoms with E-state index in [1.165, 1.54) is 19.3 Å². The van der Waals surface area contributed by atoms with Crippen molar-refractivity contribution in [3.63, 3.8) is 0 Å². The van der Waals surface area contributed by atoms with E-state index in [1.54, 1.807) is 0 Å². The monoisotopic (exact) mass is 251 g/mol. The van der Waals surface area contributed by atoms with E-state index in [2.05, 4.69) is 20.5 Å². The third-order valence-corrected chi connectivity index (χ3v) is 3.29. The van der Waals surface area contributed by atoms with E-state index < -0.39 is 5.56 Å². The van der Waals surface area contributed by atoms with Gasteiger partial charge in [0, 0.05) is 6.54 Å². The molecular weight excluding hydrogens is 234 g/mol. The molecule has 0 bridgehead atoms. The second kappa shape index (κ2) is 5.61. The summed E-state index contributed by atoms with van der Waals surface area (Å²) in [5, 5.41) is 5.71. The number of nitrogens with two attached hydrogens (primary N) is 1. The van der Waals surface area contributed by atoms with Crippen LogP contribution in [0.1, 0.15) is 32.1 Å². The van der Waals surface area contributed by atoms with Gasteiger partial charge in [-0.05, 0) is 23.9 Å². The molecule has 1 aromatic rings. The number of anilines is 2. The highest BCUT2D eigenvalue weighted by molar-refractivity contribution is 5.60. The van der Waals surface area contributed by atoms with Crippen LogP contribution in [0, 0.1) is 10.8 Å². The lowest BCUT2D eigenvalue weighted by atomic mass is 9.89. The summed E-state index contributed by atoms with van der Waals surface area (Å²) in [6.45, 7) is 0.693. The van der Waals surface area contributed by atoms with Gasteiger partial charge in [0.05, 0.1) is 0 Å². The number of aromatic amines is 1. The van der Waals surface area contributed by atoms with Crippen LogP contribution in [0.5, 0.6) is 0 Å². The van der Waals surface area contributed by atoms with Crippen molar-refractivity contribution in [2.45, 2.75) is 32.1 Å². The molecule has 0 radical (unpaired) electrons. The van der Waals surface area contributed by atoms with Crippen molar-refractivity contribution in [3.8, 4) is 0 Å². The van der Waals surface area contributed by atoms with Crippen LogP contribution in [0.3, 0.4) is 0 Å². The highest BCUT2D eigenvalue weighted by Gasteiger charge is 2.16. The fourth-order valence-electron chi connectivity index (χ4n) is 2.32. The van der Waals surface area contributed by atoms with Crippen LogP contribution in [-0.4, -0.2) is 16.5 Å². The molecule has 1 aliphatic rings. The van der Waals surface area contributed by atoms with Gasteiger partial charge in [0.15, 0.2) is 5.82 Å². The molecule has 0 amide bonds. The fraction of sp³-hybridized carbons (Fsp3) is 0.636. The van der Waals surface area contributed by atoms with Gasteiger partial charge < -0.3 is 11.1 Å². The Kier molecular flexibility index (Phi) is 3.91. The van der Waals surface area contributed by atoms with E-state index in [0.717, 1.165) is 12.8 Å². The summed E-state index contributed by atoms with van der Waals surface area (Å²) >= 11 is 0. The molecule has 1 aromatic heterocycles. The van der Waals surface area contributed by atoms with E-state index in [4.69, 9.17) is 5.73 Å². The van der Waals surface area contributed by atoms with Gasteiger partial charge in [0.2, 0.25) is 11.6 Å². The Bertz CT molecular complexity index is 479.